The Hall–Kier alpha value is -3.57. The smallest absolute Gasteiger partial charge is 0.350 e. The van der Waals surface area contributed by atoms with E-state index in [1.807, 2.05) is 42.3 Å². The van der Waals surface area contributed by atoms with Crippen LogP contribution in [-0.4, -0.2) is 75.7 Å². The van der Waals surface area contributed by atoms with Crippen molar-refractivity contribution in [2.75, 3.05) is 37.0 Å². The number of rotatable bonds is 8. The highest BCUT2D eigenvalue weighted by Crippen LogP contribution is 2.30. The minimum Gasteiger partial charge on any atom is -0.462 e. The Morgan fingerprint density at radius 3 is 2.46 bits per heavy atom. The summed E-state index contributed by atoms with van der Waals surface area (Å²) < 4.78 is 5.15. The fourth-order valence-corrected chi connectivity index (χ4v) is 6.30. The topological polar surface area (TPSA) is 121 Å². The molecule has 3 aromatic rings. The van der Waals surface area contributed by atoms with E-state index in [2.05, 4.69) is 15.2 Å². The number of aryl methyl sites for hydroxylation is 1. The molecular weight excluding hydrogens is 540 g/mol. The number of carbonyl (C=O) groups is 2. The second-order valence-corrected chi connectivity index (χ2v) is 11.7. The van der Waals surface area contributed by atoms with E-state index >= 15 is 0 Å². The lowest BCUT2D eigenvalue weighted by molar-refractivity contribution is 0.0530. The molecule has 0 atom stereocenters. The van der Waals surface area contributed by atoms with Gasteiger partial charge in [0.25, 0.3) is 5.91 Å². The highest BCUT2D eigenvalue weighted by Gasteiger charge is 2.24. The Labute approximate surface area is 244 Å². The van der Waals surface area contributed by atoms with Gasteiger partial charge in [-0.1, -0.05) is 42.7 Å². The molecule has 0 unspecified atom stereocenters. The van der Waals surface area contributed by atoms with Crippen LogP contribution in [0.1, 0.15) is 77.6 Å². The first-order valence-electron chi connectivity index (χ1n) is 14.4. The number of aliphatic hydroxyl groups excluding tert-OH is 1. The summed E-state index contributed by atoms with van der Waals surface area (Å²) in [4.78, 5) is 44.0. The fourth-order valence-electron chi connectivity index (χ4n) is 5.45. The second-order valence-electron chi connectivity index (χ2n) is 10.7. The van der Waals surface area contributed by atoms with Gasteiger partial charge in [-0.25, -0.2) is 14.8 Å². The van der Waals surface area contributed by atoms with E-state index in [4.69, 9.17) is 14.7 Å². The fraction of sp³-hybridized carbons (Fsp3) is 0.500. The first-order valence-corrected chi connectivity index (χ1v) is 15.2. The molecule has 2 aliphatic rings. The molecular formula is C30H38N6O4S. The SMILES string of the molecule is CCOC(=O)c1sc(Nc2nc(-c3ccc(C(=O)N(C)C4CCCCC4)cc3)cc(N3CCC(O)CC3)n2)nc1C. The number of benzene rings is 1. The lowest BCUT2D eigenvalue weighted by atomic mass is 9.94. The van der Waals surface area contributed by atoms with Gasteiger partial charge in [0.05, 0.1) is 24.1 Å². The van der Waals surface area contributed by atoms with E-state index in [-0.39, 0.29) is 12.0 Å². The Kier molecular flexibility index (Phi) is 9.14. The van der Waals surface area contributed by atoms with Crippen molar-refractivity contribution < 1.29 is 19.4 Å². The third-order valence-corrected chi connectivity index (χ3v) is 8.90. The number of hydrogen-bond donors (Lipinski definition) is 2. The number of anilines is 3. The van der Waals surface area contributed by atoms with Crippen molar-refractivity contribution in [1.82, 2.24) is 19.9 Å². The molecule has 2 N–H and O–H groups in total. The number of esters is 1. The average molecular weight is 579 g/mol. The summed E-state index contributed by atoms with van der Waals surface area (Å²) in [6.45, 7) is 5.19. The predicted octanol–water partition coefficient (Wildman–Crippen LogP) is 5.19. The van der Waals surface area contributed by atoms with Crippen LogP contribution < -0.4 is 10.2 Å². The largest absolute Gasteiger partial charge is 0.462 e. The summed E-state index contributed by atoms with van der Waals surface area (Å²) in [7, 11) is 1.91. The van der Waals surface area contributed by atoms with Gasteiger partial charge in [0.1, 0.15) is 10.7 Å². The first-order chi connectivity index (χ1) is 19.8. The molecule has 1 aliphatic heterocycles. The second kappa shape index (κ2) is 12.9. The molecule has 3 heterocycles. The van der Waals surface area contributed by atoms with Crippen LogP contribution in [0.25, 0.3) is 11.3 Å². The number of nitrogens with one attached hydrogen (secondary N) is 1. The molecule has 0 bridgehead atoms. The zero-order chi connectivity index (χ0) is 28.9. The number of aliphatic hydroxyl groups is 1. The zero-order valence-electron chi connectivity index (χ0n) is 23.9. The normalized spacial score (nSPS) is 16.4. The maximum Gasteiger partial charge on any atom is 0.350 e. The molecule has 0 radical (unpaired) electrons. The van der Waals surface area contributed by atoms with Gasteiger partial charge in [-0.2, -0.15) is 4.98 Å². The van der Waals surface area contributed by atoms with Gasteiger partial charge in [-0.3, -0.25) is 10.1 Å². The number of nitrogens with zero attached hydrogens (tertiary/aromatic N) is 5. The van der Waals surface area contributed by atoms with Gasteiger partial charge in [0.15, 0.2) is 5.13 Å². The van der Waals surface area contributed by atoms with Gasteiger partial charge >= 0.3 is 5.97 Å². The Morgan fingerprint density at radius 1 is 1.07 bits per heavy atom. The number of piperidine rings is 1. The molecule has 1 saturated carbocycles. The van der Waals surface area contributed by atoms with E-state index < -0.39 is 5.97 Å². The highest BCUT2D eigenvalue weighted by atomic mass is 32.1. The third kappa shape index (κ3) is 6.84. The van der Waals surface area contributed by atoms with Gasteiger partial charge < -0.3 is 19.6 Å². The number of carbonyl (C=O) groups excluding carboxylic acids is 2. The van der Waals surface area contributed by atoms with Crippen molar-refractivity contribution >= 4 is 40.1 Å². The van der Waals surface area contributed by atoms with Crippen LogP contribution in [0.3, 0.4) is 0 Å². The zero-order valence-corrected chi connectivity index (χ0v) is 24.7. The molecule has 2 fully saturated rings. The minimum atomic E-state index is -0.401. The van der Waals surface area contributed by atoms with E-state index in [1.54, 1.807) is 13.8 Å². The minimum absolute atomic E-state index is 0.0394. The van der Waals surface area contributed by atoms with Crippen molar-refractivity contribution in [3.8, 4) is 11.3 Å². The molecule has 5 rings (SSSR count). The van der Waals surface area contributed by atoms with Crippen LogP contribution in [0, 0.1) is 6.92 Å². The van der Waals surface area contributed by atoms with Gasteiger partial charge in [0, 0.05) is 43.4 Å². The third-order valence-electron chi connectivity index (χ3n) is 7.85. The summed E-state index contributed by atoms with van der Waals surface area (Å²) >= 11 is 1.20. The number of hydrogen-bond acceptors (Lipinski definition) is 10. The van der Waals surface area contributed by atoms with E-state index in [9.17, 15) is 14.7 Å². The Bertz CT molecular complexity index is 1360. The molecule has 1 aromatic carbocycles. The van der Waals surface area contributed by atoms with Crippen LogP contribution in [0.15, 0.2) is 30.3 Å². The molecule has 0 spiro atoms. The van der Waals surface area contributed by atoms with Crippen LogP contribution in [-0.2, 0) is 4.74 Å². The summed E-state index contributed by atoms with van der Waals surface area (Å²) in [5.41, 5.74) is 2.79. The molecule has 41 heavy (non-hydrogen) atoms. The van der Waals surface area contributed by atoms with Crippen molar-refractivity contribution in [2.45, 2.75) is 70.9 Å². The van der Waals surface area contributed by atoms with Crippen molar-refractivity contribution in [3.05, 3.63) is 46.5 Å². The van der Waals surface area contributed by atoms with Gasteiger partial charge in [-0.15, -0.1) is 0 Å². The summed E-state index contributed by atoms with van der Waals surface area (Å²) in [5, 5.41) is 13.7. The lowest BCUT2D eigenvalue weighted by Gasteiger charge is -2.31. The maximum atomic E-state index is 13.2. The number of thiazole rings is 1. The van der Waals surface area contributed by atoms with Crippen molar-refractivity contribution in [3.63, 3.8) is 0 Å². The van der Waals surface area contributed by atoms with Crippen LogP contribution in [0.5, 0.6) is 0 Å². The van der Waals surface area contributed by atoms with Crippen molar-refractivity contribution in [1.29, 1.82) is 0 Å². The van der Waals surface area contributed by atoms with Crippen LogP contribution in [0.4, 0.5) is 16.9 Å². The molecule has 11 heteroatoms. The summed E-state index contributed by atoms with van der Waals surface area (Å²) in [6, 6.07) is 9.80. The van der Waals surface area contributed by atoms with Crippen molar-refractivity contribution in [2.24, 2.45) is 0 Å². The van der Waals surface area contributed by atoms with Crippen LogP contribution in [0.2, 0.25) is 0 Å². The highest BCUT2D eigenvalue weighted by molar-refractivity contribution is 7.17. The number of aromatic nitrogens is 3. The molecule has 10 nitrogen and oxygen atoms in total. The molecule has 1 aliphatic carbocycles. The lowest BCUT2D eigenvalue weighted by Crippen LogP contribution is -2.38. The number of ether oxygens (including phenoxy) is 1. The van der Waals surface area contributed by atoms with E-state index in [0.717, 1.165) is 24.2 Å². The standard InChI is InChI=1S/C30H38N6O4S/c1-4-40-28(39)26-19(2)31-30(41-26)34-29-32-24(18-25(33-29)36-16-14-23(37)15-17-36)20-10-12-21(13-11-20)27(38)35(3)22-8-6-5-7-9-22/h10-13,18,22-23,37H,4-9,14-17H2,1-3H3,(H,31,32,33,34). The molecule has 1 saturated heterocycles. The van der Waals surface area contributed by atoms with E-state index in [1.165, 1.54) is 30.6 Å². The van der Waals surface area contributed by atoms with Gasteiger partial charge in [-0.05, 0) is 51.7 Å². The maximum absolute atomic E-state index is 13.2. The number of amides is 1. The monoisotopic (exact) mass is 578 g/mol. The first kappa shape index (κ1) is 28.9. The molecule has 1 amide bonds. The van der Waals surface area contributed by atoms with Crippen LogP contribution >= 0.6 is 11.3 Å². The summed E-state index contributed by atoms with van der Waals surface area (Å²) in [6.07, 6.45) is 6.76. The predicted molar refractivity (Wildman–Crippen MR) is 160 cm³/mol. The quantitative estimate of drug-likeness (QED) is 0.348. The Balaban J connectivity index is 1.41. The molecule has 2 aromatic heterocycles. The summed E-state index contributed by atoms with van der Waals surface area (Å²) in [5.74, 6) is 0.726. The average Bonchev–Trinajstić information content (AvgIpc) is 3.36. The Morgan fingerprint density at radius 2 is 1.78 bits per heavy atom. The van der Waals surface area contributed by atoms with E-state index in [0.29, 0.717) is 71.5 Å². The molecule has 218 valence electrons. The van der Waals surface area contributed by atoms with Gasteiger partial charge in [0.2, 0.25) is 5.95 Å².